The molecule has 112 valence electrons. The minimum Gasteiger partial charge on any atom is -0.381 e. The summed E-state index contributed by atoms with van der Waals surface area (Å²) in [7, 11) is 1.88. The largest absolute Gasteiger partial charge is 0.381 e. The van der Waals surface area contributed by atoms with Crippen LogP contribution in [0.5, 0.6) is 0 Å². The van der Waals surface area contributed by atoms with E-state index in [4.69, 9.17) is 4.74 Å². The van der Waals surface area contributed by atoms with E-state index >= 15 is 0 Å². The van der Waals surface area contributed by atoms with Crippen molar-refractivity contribution in [3.63, 3.8) is 0 Å². The second-order valence-electron chi connectivity index (χ2n) is 5.37. The summed E-state index contributed by atoms with van der Waals surface area (Å²) in [5.74, 6) is 2.47. The maximum absolute atomic E-state index is 5.53. The first-order valence-corrected chi connectivity index (χ1v) is 7.78. The van der Waals surface area contributed by atoms with Crippen LogP contribution in [0.4, 0.5) is 0 Å². The molecule has 1 heterocycles. The minimum absolute atomic E-state index is 0.659. The average Bonchev–Trinajstić information content (AvgIpc) is 2.90. The van der Waals surface area contributed by atoms with Gasteiger partial charge in [0.05, 0.1) is 6.61 Å². The Morgan fingerprint density at radius 1 is 1.37 bits per heavy atom. The van der Waals surface area contributed by atoms with Crippen LogP contribution in [0.1, 0.15) is 40.0 Å². The second-order valence-corrected chi connectivity index (χ2v) is 5.37. The van der Waals surface area contributed by atoms with Crippen molar-refractivity contribution in [3.8, 4) is 0 Å². The normalized spacial score (nSPS) is 20.4. The zero-order valence-electron chi connectivity index (χ0n) is 13.1. The molecule has 1 saturated heterocycles. The van der Waals surface area contributed by atoms with Gasteiger partial charge in [-0.3, -0.25) is 4.99 Å². The molecule has 1 atom stereocenters. The molecule has 0 spiro atoms. The molecule has 4 heteroatoms. The molecule has 1 aliphatic rings. The highest BCUT2D eigenvalue weighted by Gasteiger charge is 2.24. The lowest BCUT2D eigenvalue weighted by molar-refractivity contribution is 0.114. The molecule has 0 radical (unpaired) electrons. The van der Waals surface area contributed by atoms with E-state index in [1.165, 1.54) is 19.3 Å². The van der Waals surface area contributed by atoms with Gasteiger partial charge in [0.1, 0.15) is 0 Å². The Morgan fingerprint density at radius 3 is 2.68 bits per heavy atom. The van der Waals surface area contributed by atoms with E-state index in [1.807, 2.05) is 7.05 Å². The van der Waals surface area contributed by atoms with Crippen molar-refractivity contribution in [2.45, 2.75) is 40.0 Å². The van der Waals surface area contributed by atoms with Gasteiger partial charge in [-0.25, -0.2) is 0 Å². The number of rotatable bonds is 7. The fraction of sp³-hybridized carbons (Fsp3) is 0.933. The van der Waals surface area contributed by atoms with E-state index in [2.05, 4.69) is 36.0 Å². The van der Waals surface area contributed by atoms with Crippen LogP contribution >= 0.6 is 0 Å². The smallest absolute Gasteiger partial charge is 0.193 e. The standard InChI is InChI=1S/C15H31N3O/c1-5-13(6-2)10-17-15(16-4)18-9-8-14(11-18)12-19-7-3/h13-14H,5-12H2,1-4H3,(H,16,17). The fourth-order valence-electron chi connectivity index (χ4n) is 2.59. The number of aliphatic imine (C=N–C) groups is 1. The van der Waals surface area contributed by atoms with E-state index in [9.17, 15) is 0 Å². The van der Waals surface area contributed by atoms with Gasteiger partial charge in [0, 0.05) is 39.2 Å². The third kappa shape index (κ3) is 5.39. The number of nitrogens with one attached hydrogen (secondary N) is 1. The summed E-state index contributed by atoms with van der Waals surface area (Å²) >= 11 is 0. The topological polar surface area (TPSA) is 36.9 Å². The molecule has 1 unspecified atom stereocenters. The molecule has 0 bridgehead atoms. The molecule has 4 nitrogen and oxygen atoms in total. The number of nitrogens with zero attached hydrogens (tertiary/aromatic N) is 2. The molecule has 0 aromatic heterocycles. The summed E-state index contributed by atoms with van der Waals surface area (Å²) in [5, 5.41) is 3.53. The highest BCUT2D eigenvalue weighted by atomic mass is 16.5. The highest BCUT2D eigenvalue weighted by Crippen LogP contribution is 2.16. The highest BCUT2D eigenvalue weighted by molar-refractivity contribution is 5.80. The van der Waals surface area contributed by atoms with Crippen molar-refractivity contribution >= 4 is 5.96 Å². The Labute approximate surface area is 118 Å². The van der Waals surface area contributed by atoms with Gasteiger partial charge in [0.2, 0.25) is 0 Å². The summed E-state index contributed by atoms with van der Waals surface area (Å²) in [4.78, 5) is 6.78. The number of hydrogen-bond acceptors (Lipinski definition) is 2. The van der Waals surface area contributed by atoms with Crippen LogP contribution in [0, 0.1) is 11.8 Å². The number of hydrogen-bond donors (Lipinski definition) is 1. The Bertz CT molecular complexity index is 264. The van der Waals surface area contributed by atoms with Crippen molar-refractivity contribution in [2.24, 2.45) is 16.8 Å². The third-order valence-electron chi connectivity index (χ3n) is 4.06. The van der Waals surface area contributed by atoms with Gasteiger partial charge in [0.15, 0.2) is 5.96 Å². The van der Waals surface area contributed by atoms with Crippen LogP contribution in [0.2, 0.25) is 0 Å². The molecule has 19 heavy (non-hydrogen) atoms. The average molecular weight is 269 g/mol. The Morgan fingerprint density at radius 2 is 2.11 bits per heavy atom. The molecule has 0 amide bonds. The van der Waals surface area contributed by atoms with E-state index in [-0.39, 0.29) is 0 Å². The van der Waals surface area contributed by atoms with E-state index in [1.54, 1.807) is 0 Å². The van der Waals surface area contributed by atoms with E-state index < -0.39 is 0 Å². The van der Waals surface area contributed by atoms with Crippen LogP contribution in [0.3, 0.4) is 0 Å². The molecule has 0 aromatic rings. The lowest BCUT2D eigenvalue weighted by Gasteiger charge is -2.23. The monoisotopic (exact) mass is 269 g/mol. The quantitative estimate of drug-likeness (QED) is 0.569. The van der Waals surface area contributed by atoms with Gasteiger partial charge in [-0.05, 0) is 19.3 Å². The van der Waals surface area contributed by atoms with Gasteiger partial charge in [-0.15, -0.1) is 0 Å². The summed E-state index contributed by atoms with van der Waals surface area (Å²) in [6.07, 6.45) is 3.67. The molecule has 1 N–H and O–H groups in total. The molecule has 0 aliphatic carbocycles. The number of guanidine groups is 1. The van der Waals surface area contributed by atoms with Gasteiger partial charge >= 0.3 is 0 Å². The maximum atomic E-state index is 5.53. The fourth-order valence-corrected chi connectivity index (χ4v) is 2.59. The maximum Gasteiger partial charge on any atom is 0.193 e. The third-order valence-corrected chi connectivity index (χ3v) is 4.06. The molecular weight excluding hydrogens is 238 g/mol. The molecule has 1 aliphatic heterocycles. The predicted molar refractivity (Wildman–Crippen MR) is 81.6 cm³/mol. The summed E-state index contributed by atoms with van der Waals surface area (Å²) in [6.45, 7) is 11.5. The van der Waals surface area contributed by atoms with E-state index in [0.717, 1.165) is 44.7 Å². The minimum atomic E-state index is 0.659. The Balaban J connectivity index is 2.36. The van der Waals surface area contributed by atoms with Gasteiger partial charge in [0.25, 0.3) is 0 Å². The van der Waals surface area contributed by atoms with Gasteiger partial charge in [-0.2, -0.15) is 0 Å². The summed E-state index contributed by atoms with van der Waals surface area (Å²) < 4.78 is 5.53. The summed E-state index contributed by atoms with van der Waals surface area (Å²) in [5.41, 5.74) is 0. The molecular formula is C15H31N3O. The Hall–Kier alpha value is -0.770. The number of ether oxygens (including phenoxy) is 1. The van der Waals surface area contributed by atoms with Gasteiger partial charge < -0.3 is 15.0 Å². The number of likely N-dealkylation sites (tertiary alicyclic amines) is 1. The van der Waals surface area contributed by atoms with Crippen molar-refractivity contribution < 1.29 is 4.74 Å². The van der Waals surface area contributed by atoms with Crippen molar-refractivity contribution in [2.75, 3.05) is 39.9 Å². The lowest BCUT2D eigenvalue weighted by Crippen LogP contribution is -2.42. The second kappa shape index (κ2) is 9.18. The molecule has 0 saturated carbocycles. The molecule has 1 rings (SSSR count). The first-order valence-electron chi connectivity index (χ1n) is 7.78. The zero-order valence-corrected chi connectivity index (χ0v) is 13.1. The van der Waals surface area contributed by atoms with Crippen LogP contribution < -0.4 is 5.32 Å². The zero-order chi connectivity index (χ0) is 14.1. The van der Waals surface area contributed by atoms with Crippen LogP contribution in [0.25, 0.3) is 0 Å². The Kier molecular flexibility index (Phi) is 7.87. The first kappa shape index (κ1) is 16.3. The molecule has 0 aromatic carbocycles. The summed E-state index contributed by atoms with van der Waals surface area (Å²) in [6, 6.07) is 0. The van der Waals surface area contributed by atoms with Gasteiger partial charge in [-0.1, -0.05) is 26.7 Å². The first-order chi connectivity index (χ1) is 9.24. The van der Waals surface area contributed by atoms with Crippen molar-refractivity contribution in [3.05, 3.63) is 0 Å². The lowest BCUT2D eigenvalue weighted by atomic mass is 10.0. The van der Waals surface area contributed by atoms with E-state index in [0.29, 0.717) is 5.92 Å². The molecule has 1 fully saturated rings. The van der Waals surface area contributed by atoms with Crippen LogP contribution in [0.15, 0.2) is 4.99 Å². The van der Waals surface area contributed by atoms with Crippen molar-refractivity contribution in [1.82, 2.24) is 10.2 Å². The predicted octanol–water partition coefficient (Wildman–Crippen LogP) is 2.36. The van der Waals surface area contributed by atoms with Crippen LogP contribution in [-0.2, 0) is 4.74 Å². The van der Waals surface area contributed by atoms with Crippen molar-refractivity contribution in [1.29, 1.82) is 0 Å². The van der Waals surface area contributed by atoms with Crippen LogP contribution in [-0.4, -0.2) is 50.8 Å². The SMILES string of the molecule is CCOCC1CCN(C(=NC)NCC(CC)CC)C1.